The minimum atomic E-state index is -0.778. The molecule has 36 heavy (non-hydrogen) atoms. The second kappa shape index (κ2) is 12.4. The van der Waals surface area contributed by atoms with Gasteiger partial charge in [0.25, 0.3) is 5.91 Å². The molecule has 0 fully saturated rings. The molecule has 2 amide bonds. The van der Waals surface area contributed by atoms with Crippen LogP contribution >= 0.6 is 0 Å². The molecule has 3 rings (SSSR count). The van der Waals surface area contributed by atoms with E-state index >= 15 is 0 Å². The van der Waals surface area contributed by atoms with E-state index in [1.54, 1.807) is 36.4 Å². The monoisotopic (exact) mass is 486 g/mol. The number of rotatable bonds is 10. The second-order valence-electron chi connectivity index (χ2n) is 8.50. The van der Waals surface area contributed by atoms with Gasteiger partial charge in [0, 0.05) is 23.4 Å². The number of carbonyl (C=O) groups is 4. The number of nitrogens with one attached hydrogen (secondary N) is 1. The fourth-order valence-electron chi connectivity index (χ4n) is 3.65. The number of hydrogen-bond donors (Lipinski definition) is 1. The number of carbonyl (C=O) groups excluding carboxylic acids is 4. The fraction of sp³-hybridized carbons (Fsp3) is 0.241. The van der Waals surface area contributed by atoms with Gasteiger partial charge in [-0.25, -0.2) is 4.79 Å². The van der Waals surface area contributed by atoms with Crippen molar-refractivity contribution in [2.75, 3.05) is 25.0 Å². The molecule has 0 saturated carbocycles. The number of ketones is 1. The molecule has 0 saturated heterocycles. The molecule has 0 atom stereocenters. The molecule has 0 aromatic heterocycles. The van der Waals surface area contributed by atoms with Crippen LogP contribution in [0.1, 0.15) is 50.8 Å². The Morgan fingerprint density at radius 2 is 1.47 bits per heavy atom. The van der Waals surface area contributed by atoms with E-state index < -0.39 is 18.5 Å². The Morgan fingerprint density at radius 1 is 0.833 bits per heavy atom. The standard InChI is InChI=1S/C29H30N2O5/c1-4-17-31(18-26(32)30-25-12-8-5-9-21(25)3)27(33)19-36-29(35)24-11-7-6-10-23(24)28(34)22-15-13-20(2)14-16-22/h5-16H,4,17-19H2,1-3H3,(H,30,32). The van der Waals surface area contributed by atoms with Gasteiger partial charge in [-0.1, -0.05) is 73.2 Å². The summed E-state index contributed by atoms with van der Waals surface area (Å²) in [4.78, 5) is 52.5. The fourth-order valence-corrected chi connectivity index (χ4v) is 3.65. The predicted molar refractivity (Wildman–Crippen MR) is 138 cm³/mol. The largest absolute Gasteiger partial charge is 0.452 e. The Bertz CT molecular complexity index is 1250. The third kappa shape index (κ3) is 6.88. The first-order valence-corrected chi connectivity index (χ1v) is 11.8. The highest BCUT2D eigenvalue weighted by Crippen LogP contribution is 2.17. The molecule has 0 radical (unpaired) electrons. The highest BCUT2D eigenvalue weighted by atomic mass is 16.5. The Morgan fingerprint density at radius 3 is 2.14 bits per heavy atom. The second-order valence-corrected chi connectivity index (χ2v) is 8.50. The third-order valence-corrected chi connectivity index (χ3v) is 5.63. The summed E-state index contributed by atoms with van der Waals surface area (Å²) in [5.74, 6) is -1.92. The molecule has 3 aromatic rings. The minimum Gasteiger partial charge on any atom is -0.452 e. The van der Waals surface area contributed by atoms with Crippen LogP contribution in [-0.4, -0.2) is 48.2 Å². The van der Waals surface area contributed by atoms with E-state index in [2.05, 4.69) is 5.32 Å². The van der Waals surface area contributed by atoms with E-state index in [4.69, 9.17) is 4.74 Å². The third-order valence-electron chi connectivity index (χ3n) is 5.63. The number of hydrogen-bond acceptors (Lipinski definition) is 5. The number of aryl methyl sites for hydroxylation is 2. The lowest BCUT2D eigenvalue weighted by atomic mass is 9.98. The zero-order valence-corrected chi connectivity index (χ0v) is 20.7. The molecule has 0 aliphatic carbocycles. The van der Waals surface area contributed by atoms with Crippen molar-refractivity contribution in [3.63, 3.8) is 0 Å². The number of esters is 1. The van der Waals surface area contributed by atoms with Crippen molar-refractivity contribution in [2.45, 2.75) is 27.2 Å². The van der Waals surface area contributed by atoms with Gasteiger partial charge in [-0.2, -0.15) is 0 Å². The van der Waals surface area contributed by atoms with E-state index in [1.165, 1.54) is 11.0 Å². The zero-order chi connectivity index (χ0) is 26.1. The first kappa shape index (κ1) is 26.3. The Kier molecular flexibility index (Phi) is 9.11. The van der Waals surface area contributed by atoms with Crippen LogP contribution in [0.15, 0.2) is 72.8 Å². The Labute approximate surface area is 211 Å². The van der Waals surface area contributed by atoms with Crippen molar-refractivity contribution < 1.29 is 23.9 Å². The maximum atomic E-state index is 13.0. The molecule has 7 nitrogen and oxygen atoms in total. The van der Waals surface area contributed by atoms with Gasteiger partial charge in [0.1, 0.15) is 0 Å². The first-order valence-electron chi connectivity index (χ1n) is 11.8. The number of ether oxygens (including phenoxy) is 1. The average molecular weight is 487 g/mol. The lowest BCUT2D eigenvalue weighted by Crippen LogP contribution is -2.40. The van der Waals surface area contributed by atoms with E-state index in [1.807, 2.05) is 51.1 Å². The molecule has 0 unspecified atom stereocenters. The smallest absolute Gasteiger partial charge is 0.339 e. The lowest BCUT2D eigenvalue weighted by molar-refractivity contribution is -0.137. The summed E-state index contributed by atoms with van der Waals surface area (Å²) in [5.41, 5.74) is 3.32. The van der Waals surface area contributed by atoms with Crippen LogP contribution in [-0.2, 0) is 14.3 Å². The molecule has 7 heteroatoms. The summed E-state index contributed by atoms with van der Waals surface area (Å²) >= 11 is 0. The molecule has 186 valence electrons. The van der Waals surface area contributed by atoms with Crippen molar-refractivity contribution in [3.05, 3.63) is 101 Å². The maximum absolute atomic E-state index is 13.0. The summed E-state index contributed by atoms with van der Waals surface area (Å²) in [6.45, 7) is 5.32. The molecular formula is C29H30N2O5. The van der Waals surface area contributed by atoms with E-state index in [-0.39, 0.29) is 29.4 Å². The number of amides is 2. The topological polar surface area (TPSA) is 92.8 Å². The van der Waals surface area contributed by atoms with Crippen LogP contribution in [0.5, 0.6) is 0 Å². The van der Waals surface area contributed by atoms with Gasteiger partial charge in [0.15, 0.2) is 12.4 Å². The van der Waals surface area contributed by atoms with E-state index in [0.717, 1.165) is 11.1 Å². The van der Waals surface area contributed by atoms with Gasteiger partial charge in [0.2, 0.25) is 5.91 Å². The quantitative estimate of drug-likeness (QED) is 0.335. The molecule has 3 aromatic carbocycles. The van der Waals surface area contributed by atoms with E-state index in [0.29, 0.717) is 24.2 Å². The highest BCUT2D eigenvalue weighted by Gasteiger charge is 2.22. The summed E-state index contributed by atoms with van der Waals surface area (Å²) in [7, 11) is 0. The number of nitrogens with zero attached hydrogens (tertiary/aromatic N) is 1. The van der Waals surface area contributed by atoms with Crippen molar-refractivity contribution in [2.24, 2.45) is 0 Å². The summed E-state index contributed by atoms with van der Waals surface area (Å²) in [5, 5.41) is 2.81. The van der Waals surface area contributed by atoms with Crippen molar-refractivity contribution >= 4 is 29.3 Å². The SMILES string of the molecule is CCCN(CC(=O)Nc1ccccc1C)C(=O)COC(=O)c1ccccc1C(=O)c1ccc(C)cc1. The van der Waals surface area contributed by atoms with Gasteiger partial charge in [-0.05, 0) is 38.0 Å². The maximum Gasteiger partial charge on any atom is 0.339 e. The summed E-state index contributed by atoms with van der Waals surface area (Å²) in [6, 6.07) is 20.8. The Hall–Kier alpha value is -4.26. The minimum absolute atomic E-state index is 0.0789. The van der Waals surface area contributed by atoms with Crippen molar-refractivity contribution in [1.82, 2.24) is 4.90 Å². The van der Waals surface area contributed by atoms with E-state index in [9.17, 15) is 19.2 Å². The van der Waals surface area contributed by atoms with Gasteiger partial charge in [-0.15, -0.1) is 0 Å². The molecule has 0 aliphatic heterocycles. The van der Waals surface area contributed by atoms with Crippen LogP contribution < -0.4 is 5.32 Å². The van der Waals surface area contributed by atoms with Crippen LogP contribution in [0.4, 0.5) is 5.69 Å². The molecule has 0 bridgehead atoms. The molecular weight excluding hydrogens is 456 g/mol. The Balaban J connectivity index is 1.65. The van der Waals surface area contributed by atoms with Gasteiger partial charge in [0.05, 0.1) is 12.1 Å². The average Bonchev–Trinajstić information content (AvgIpc) is 2.88. The molecule has 1 N–H and O–H groups in total. The number of para-hydroxylation sites is 1. The van der Waals surface area contributed by atoms with Crippen LogP contribution in [0.2, 0.25) is 0 Å². The van der Waals surface area contributed by atoms with Gasteiger partial charge in [-0.3, -0.25) is 14.4 Å². The summed E-state index contributed by atoms with van der Waals surface area (Å²) in [6.07, 6.45) is 0.630. The lowest BCUT2D eigenvalue weighted by Gasteiger charge is -2.22. The highest BCUT2D eigenvalue weighted by molar-refractivity contribution is 6.14. The van der Waals surface area contributed by atoms with Crippen LogP contribution in [0.25, 0.3) is 0 Å². The predicted octanol–water partition coefficient (Wildman–Crippen LogP) is 4.57. The summed E-state index contributed by atoms with van der Waals surface area (Å²) < 4.78 is 5.27. The van der Waals surface area contributed by atoms with Gasteiger partial charge < -0.3 is 15.0 Å². The molecule has 0 heterocycles. The van der Waals surface area contributed by atoms with Crippen LogP contribution in [0, 0.1) is 13.8 Å². The molecule has 0 aliphatic rings. The van der Waals surface area contributed by atoms with Gasteiger partial charge >= 0.3 is 5.97 Å². The van der Waals surface area contributed by atoms with Crippen molar-refractivity contribution in [3.8, 4) is 0 Å². The van der Waals surface area contributed by atoms with Crippen molar-refractivity contribution in [1.29, 1.82) is 0 Å². The normalized spacial score (nSPS) is 10.4. The number of benzene rings is 3. The van der Waals surface area contributed by atoms with Crippen LogP contribution in [0.3, 0.4) is 0 Å². The molecule has 0 spiro atoms. The number of anilines is 1. The first-order chi connectivity index (χ1) is 17.3. The zero-order valence-electron chi connectivity index (χ0n) is 20.7.